The molecule has 0 fully saturated rings. The number of hydrogen-bond acceptors (Lipinski definition) is 2. The molecule has 0 aliphatic rings. The van der Waals surface area contributed by atoms with Crippen LogP contribution >= 0.6 is 0 Å². The van der Waals surface area contributed by atoms with Crippen molar-refractivity contribution in [3.63, 3.8) is 0 Å². The van der Waals surface area contributed by atoms with Crippen LogP contribution in [0.3, 0.4) is 0 Å². The van der Waals surface area contributed by atoms with E-state index in [1.807, 2.05) is 13.8 Å². The first kappa shape index (κ1) is 15.4. The van der Waals surface area contributed by atoms with Gasteiger partial charge in [0.25, 0.3) is 0 Å². The van der Waals surface area contributed by atoms with Crippen molar-refractivity contribution in [3.8, 4) is 0 Å². The Morgan fingerprint density at radius 2 is 1.38 bits per heavy atom. The van der Waals surface area contributed by atoms with Crippen molar-refractivity contribution in [2.45, 2.75) is 52.9 Å². The van der Waals surface area contributed by atoms with Crippen LogP contribution in [0.2, 0.25) is 0 Å². The molecule has 0 heterocycles. The molecule has 0 aromatic rings. The Labute approximate surface area is 83.3 Å². The summed E-state index contributed by atoms with van der Waals surface area (Å²) in [5, 5.41) is 8.37. The van der Waals surface area contributed by atoms with Crippen LogP contribution in [0.5, 0.6) is 0 Å². The summed E-state index contributed by atoms with van der Waals surface area (Å²) < 4.78 is 4.83. The lowest BCUT2D eigenvalue weighted by molar-refractivity contribution is 0.162. The van der Waals surface area contributed by atoms with E-state index in [1.54, 1.807) is 0 Å². The summed E-state index contributed by atoms with van der Waals surface area (Å²) in [7, 11) is 0. The molecule has 0 amide bonds. The monoisotopic (exact) mass is 190 g/mol. The van der Waals surface area contributed by atoms with E-state index in [2.05, 4.69) is 6.92 Å². The minimum Gasteiger partial charge on any atom is -0.396 e. The molecule has 0 spiro atoms. The largest absolute Gasteiger partial charge is 0.396 e. The van der Waals surface area contributed by atoms with Crippen molar-refractivity contribution in [3.05, 3.63) is 0 Å². The summed E-state index contributed by atoms with van der Waals surface area (Å²) in [5.41, 5.74) is 0. The van der Waals surface area contributed by atoms with Crippen LogP contribution in [0.1, 0.15) is 52.9 Å². The predicted octanol–water partition coefficient (Wildman–Crippen LogP) is 2.99. The molecule has 0 radical (unpaired) electrons. The highest BCUT2D eigenvalue weighted by Crippen LogP contribution is 2.00. The van der Waals surface area contributed by atoms with Crippen molar-refractivity contribution in [1.29, 1.82) is 0 Å². The molecule has 1 N–H and O–H groups in total. The van der Waals surface area contributed by atoms with Gasteiger partial charge in [-0.05, 0) is 20.3 Å². The molecule has 2 heteroatoms. The predicted molar refractivity (Wildman–Crippen MR) is 58.0 cm³/mol. The van der Waals surface area contributed by atoms with Crippen molar-refractivity contribution < 1.29 is 9.84 Å². The van der Waals surface area contributed by atoms with Crippen LogP contribution in [0.25, 0.3) is 0 Å². The molecule has 0 aromatic heterocycles. The van der Waals surface area contributed by atoms with Gasteiger partial charge in [-0.25, -0.2) is 0 Å². The van der Waals surface area contributed by atoms with Crippen LogP contribution < -0.4 is 0 Å². The highest BCUT2D eigenvalue weighted by atomic mass is 16.5. The van der Waals surface area contributed by atoms with E-state index in [0.29, 0.717) is 6.61 Å². The first-order valence-corrected chi connectivity index (χ1v) is 5.51. The maximum atomic E-state index is 8.37. The Bertz CT molecular complexity index is 57.1. The second-order valence-electron chi connectivity index (χ2n) is 2.92. The Morgan fingerprint density at radius 3 is 1.69 bits per heavy atom. The lowest BCUT2D eigenvalue weighted by Gasteiger charge is -1.93. The molecule has 2 nitrogen and oxygen atoms in total. The van der Waals surface area contributed by atoms with Gasteiger partial charge in [0.05, 0.1) is 0 Å². The highest BCUT2D eigenvalue weighted by molar-refractivity contribution is 4.39. The van der Waals surface area contributed by atoms with E-state index < -0.39 is 0 Å². The van der Waals surface area contributed by atoms with Gasteiger partial charge in [-0.15, -0.1) is 0 Å². The minimum absolute atomic E-state index is 0.365. The standard InChI is InChI=1S/C7H16O.C4H10O/c1-2-3-4-5-6-7-8;1-3-5-4-2/h8H,2-7H2,1H3;3-4H2,1-2H3. The number of unbranched alkanes of at least 4 members (excludes halogenated alkanes) is 4. The van der Waals surface area contributed by atoms with Crippen LogP contribution in [-0.2, 0) is 4.74 Å². The van der Waals surface area contributed by atoms with Gasteiger partial charge in [0.2, 0.25) is 0 Å². The maximum Gasteiger partial charge on any atom is 0.0437 e. The zero-order chi connectivity index (χ0) is 10.4. The topological polar surface area (TPSA) is 29.5 Å². The van der Waals surface area contributed by atoms with E-state index in [1.165, 1.54) is 25.7 Å². The van der Waals surface area contributed by atoms with Crippen LogP contribution in [0.4, 0.5) is 0 Å². The Hall–Kier alpha value is -0.0800. The molecule has 0 atom stereocenters. The number of rotatable bonds is 7. The first-order valence-electron chi connectivity index (χ1n) is 5.51. The van der Waals surface area contributed by atoms with E-state index >= 15 is 0 Å². The molecule has 0 saturated carbocycles. The molecule has 82 valence electrons. The Morgan fingerprint density at radius 1 is 0.846 bits per heavy atom. The molecular formula is C11H26O2. The van der Waals surface area contributed by atoms with E-state index in [0.717, 1.165) is 19.6 Å². The molecular weight excluding hydrogens is 164 g/mol. The summed E-state index contributed by atoms with van der Waals surface area (Å²) in [6, 6.07) is 0. The zero-order valence-electron chi connectivity index (χ0n) is 9.51. The summed E-state index contributed by atoms with van der Waals surface area (Å²) in [4.78, 5) is 0. The third-order valence-corrected chi connectivity index (χ3v) is 1.67. The average molecular weight is 190 g/mol. The van der Waals surface area contributed by atoms with E-state index in [9.17, 15) is 0 Å². The summed E-state index contributed by atoms with van der Waals surface area (Å²) >= 11 is 0. The summed E-state index contributed by atoms with van der Waals surface area (Å²) in [5.74, 6) is 0. The minimum atomic E-state index is 0.365. The number of hydrogen-bond donors (Lipinski definition) is 1. The second kappa shape index (κ2) is 17.9. The van der Waals surface area contributed by atoms with Gasteiger partial charge in [0, 0.05) is 19.8 Å². The third kappa shape index (κ3) is 24.5. The molecule has 0 aliphatic heterocycles. The Balaban J connectivity index is 0. The average Bonchev–Trinajstić information content (AvgIpc) is 2.15. The molecule has 0 saturated heterocycles. The highest BCUT2D eigenvalue weighted by Gasteiger charge is 1.84. The van der Waals surface area contributed by atoms with Crippen molar-refractivity contribution >= 4 is 0 Å². The van der Waals surface area contributed by atoms with Crippen LogP contribution in [0, 0.1) is 0 Å². The quantitative estimate of drug-likeness (QED) is 0.625. The number of aliphatic hydroxyl groups is 1. The normalized spacial score (nSPS) is 9.23. The fourth-order valence-corrected chi connectivity index (χ4v) is 0.919. The van der Waals surface area contributed by atoms with Gasteiger partial charge in [-0.3, -0.25) is 0 Å². The molecule has 0 rings (SSSR count). The van der Waals surface area contributed by atoms with Crippen LogP contribution in [-0.4, -0.2) is 24.9 Å². The molecule has 13 heavy (non-hydrogen) atoms. The number of aliphatic hydroxyl groups excluding tert-OH is 1. The number of ether oxygens (including phenoxy) is 1. The van der Waals surface area contributed by atoms with Gasteiger partial charge in [-0.2, -0.15) is 0 Å². The molecule has 0 unspecified atom stereocenters. The lowest BCUT2D eigenvalue weighted by Crippen LogP contribution is -1.84. The van der Waals surface area contributed by atoms with Crippen molar-refractivity contribution in [2.24, 2.45) is 0 Å². The SMILES string of the molecule is CCCCCCCO.CCOCC. The first-order chi connectivity index (χ1) is 6.33. The second-order valence-corrected chi connectivity index (χ2v) is 2.92. The summed E-state index contributed by atoms with van der Waals surface area (Å²) in [6.45, 7) is 8.22. The van der Waals surface area contributed by atoms with E-state index in [-0.39, 0.29) is 0 Å². The third-order valence-electron chi connectivity index (χ3n) is 1.67. The summed E-state index contributed by atoms with van der Waals surface area (Å²) in [6.07, 6.45) is 6.08. The van der Waals surface area contributed by atoms with Gasteiger partial charge < -0.3 is 9.84 Å². The van der Waals surface area contributed by atoms with Gasteiger partial charge in [0.1, 0.15) is 0 Å². The fourth-order valence-electron chi connectivity index (χ4n) is 0.919. The fraction of sp³-hybridized carbons (Fsp3) is 1.00. The van der Waals surface area contributed by atoms with Crippen molar-refractivity contribution in [2.75, 3.05) is 19.8 Å². The lowest BCUT2D eigenvalue weighted by atomic mass is 10.2. The van der Waals surface area contributed by atoms with Crippen molar-refractivity contribution in [1.82, 2.24) is 0 Å². The smallest absolute Gasteiger partial charge is 0.0437 e. The molecule has 0 aliphatic carbocycles. The van der Waals surface area contributed by atoms with Crippen LogP contribution in [0.15, 0.2) is 0 Å². The van der Waals surface area contributed by atoms with Gasteiger partial charge in [0.15, 0.2) is 0 Å². The van der Waals surface area contributed by atoms with E-state index in [4.69, 9.17) is 9.84 Å². The molecule has 0 bridgehead atoms. The molecule has 0 aromatic carbocycles. The maximum absolute atomic E-state index is 8.37. The zero-order valence-corrected chi connectivity index (χ0v) is 9.51. The van der Waals surface area contributed by atoms with Gasteiger partial charge >= 0.3 is 0 Å². The Kier molecular flexibility index (Phi) is 21.2. The van der Waals surface area contributed by atoms with Gasteiger partial charge in [-0.1, -0.05) is 32.6 Å².